The predicted octanol–water partition coefficient (Wildman–Crippen LogP) is 6.61. The Kier molecular flexibility index (Phi) is 4.62. The van der Waals surface area contributed by atoms with Crippen molar-refractivity contribution in [2.75, 3.05) is 7.11 Å². The summed E-state index contributed by atoms with van der Waals surface area (Å²) in [5.74, 6) is -1.92. The molecule has 8 bridgehead atoms. The number of H-pyrrole nitrogens is 2. The summed E-state index contributed by atoms with van der Waals surface area (Å²) in [5, 5.41) is 0. The van der Waals surface area contributed by atoms with Crippen molar-refractivity contribution in [2.45, 2.75) is 0 Å². The first kappa shape index (κ1) is 20.1. The molecule has 7 heteroatoms. The Balaban J connectivity index is 1.67. The largest absolute Gasteiger partial charge is 0.491 e. The van der Waals surface area contributed by atoms with E-state index < -0.39 is 17.4 Å². The minimum absolute atomic E-state index is 0.227. The van der Waals surface area contributed by atoms with Crippen LogP contribution < -0.4 is 4.74 Å². The minimum Gasteiger partial charge on any atom is -0.491 e. The third kappa shape index (κ3) is 3.57. The average molecular weight is 452 g/mol. The first-order valence-corrected chi connectivity index (χ1v) is 10.7. The van der Waals surface area contributed by atoms with E-state index >= 15 is 4.39 Å². The Hall–Kier alpha value is -4.52. The molecule has 2 aliphatic rings. The third-order valence-electron chi connectivity index (χ3n) is 5.71. The number of hydrogen-bond acceptors (Lipinski definition) is 3. The summed E-state index contributed by atoms with van der Waals surface area (Å²) in [5.41, 5.74) is 7.07. The van der Waals surface area contributed by atoms with E-state index in [0.717, 1.165) is 33.6 Å². The van der Waals surface area contributed by atoms with Crippen LogP contribution in [0.1, 0.15) is 22.8 Å². The maximum atomic E-state index is 15.2. The molecule has 0 unspecified atom stereocenters. The maximum Gasteiger partial charge on any atom is 0.191 e. The fraction of sp³-hybridized carbons (Fsp3) is 0.0370. The van der Waals surface area contributed by atoms with Crippen LogP contribution in [0.5, 0.6) is 5.75 Å². The van der Waals surface area contributed by atoms with Gasteiger partial charge >= 0.3 is 0 Å². The lowest BCUT2D eigenvalue weighted by atomic mass is 10.1. The van der Waals surface area contributed by atoms with E-state index in [-0.39, 0.29) is 5.56 Å². The molecule has 0 saturated heterocycles. The van der Waals surface area contributed by atoms with Gasteiger partial charge in [-0.05, 0) is 78.9 Å². The zero-order valence-corrected chi connectivity index (χ0v) is 18.1. The number of hydrogen-bond donors (Lipinski definition) is 2. The molecule has 0 fully saturated rings. The van der Waals surface area contributed by atoms with Crippen molar-refractivity contribution in [3.63, 3.8) is 0 Å². The topological polar surface area (TPSA) is 66.6 Å². The van der Waals surface area contributed by atoms with Crippen LogP contribution in [0.15, 0.2) is 54.6 Å². The molecule has 2 N–H and O–H groups in total. The lowest BCUT2D eigenvalue weighted by Gasteiger charge is -2.07. The van der Waals surface area contributed by atoms with Crippen LogP contribution in [0.3, 0.4) is 0 Å². The van der Waals surface area contributed by atoms with Crippen molar-refractivity contribution >= 4 is 46.4 Å². The summed E-state index contributed by atoms with van der Waals surface area (Å²) in [6.07, 6.45) is 7.68. The summed E-state index contributed by atoms with van der Waals surface area (Å²) in [6.45, 7) is 0. The van der Waals surface area contributed by atoms with Crippen molar-refractivity contribution in [1.82, 2.24) is 19.9 Å². The number of aromatic amines is 2. The molecule has 34 heavy (non-hydrogen) atoms. The molecule has 0 atom stereocenters. The number of fused-ring (bicyclic) bond motifs is 8. The van der Waals surface area contributed by atoms with Gasteiger partial charge in [-0.1, -0.05) is 0 Å². The molecule has 4 aromatic rings. The first-order valence-electron chi connectivity index (χ1n) is 10.7. The molecule has 166 valence electrons. The van der Waals surface area contributed by atoms with E-state index in [9.17, 15) is 4.39 Å². The molecule has 1 aromatic carbocycles. The van der Waals surface area contributed by atoms with Crippen LogP contribution in [-0.4, -0.2) is 27.0 Å². The number of benzene rings is 1. The number of rotatable bonds is 2. The smallest absolute Gasteiger partial charge is 0.191 e. The predicted molar refractivity (Wildman–Crippen MR) is 131 cm³/mol. The molecule has 5 heterocycles. The van der Waals surface area contributed by atoms with Gasteiger partial charge in [-0.15, -0.1) is 0 Å². The Morgan fingerprint density at radius 2 is 1.29 bits per heavy atom. The van der Waals surface area contributed by atoms with Gasteiger partial charge in [0.1, 0.15) is 0 Å². The van der Waals surface area contributed by atoms with Gasteiger partial charge in [-0.25, -0.2) is 18.7 Å². The lowest BCUT2D eigenvalue weighted by molar-refractivity contribution is 0.360. The van der Waals surface area contributed by atoms with E-state index in [1.54, 1.807) is 0 Å². The van der Waals surface area contributed by atoms with E-state index in [0.29, 0.717) is 16.8 Å². The van der Waals surface area contributed by atoms with Crippen molar-refractivity contribution in [2.24, 2.45) is 0 Å². The second-order valence-electron chi connectivity index (χ2n) is 8.03. The van der Waals surface area contributed by atoms with Crippen LogP contribution in [0.2, 0.25) is 0 Å². The number of methoxy groups -OCH3 is 1. The number of halogens is 2. The van der Waals surface area contributed by atoms with Gasteiger partial charge in [-0.2, -0.15) is 0 Å². The number of aromatic nitrogens is 4. The van der Waals surface area contributed by atoms with E-state index in [1.165, 1.54) is 19.2 Å². The summed E-state index contributed by atoms with van der Waals surface area (Å²) in [7, 11) is 1.25. The molecule has 0 amide bonds. The maximum absolute atomic E-state index is 15.2. The van der Waals surface area contributed by atoms with Crippen LogP contribution in [-0.2, 0) is 0 Å². The van der Waals surface area contributed by atoms with Gasteiger partial charge in [0.05, 0.1) is 29.9 Å². The molecule has 2 aliphatic heterocycles. The van der Waals surface area contributed by atoms with Gasteiger partial charge in [0.25, 0.3) is 0 Å². The summed E-state index contributed by atoms with van der Waals surface area (Å²) in [4.78, 5) is 15.9. The molecule has 0 spiro atoms. The Labute approximate surface area is 193 Å². The zero-order chi connectivity index (χ0) is 23.2. The lowest BCUT2D eigenvalue weighted by Crippen LogP contribution is -1.95. The molecular weight excluding hydrogens is 434 g/mol. The van der Waals surface area contributed by atoms with Gasteiger partial charge in [0.15, 0.2) is 17.4 Å². The van der Waals surface area contributed by atoms with Gasteiger partial charge in [0, 0.05) is 33.2 Å². The highest BCUT2D eigenvalue weighted by molar-refractivity contribution is 5.88. The average Bonchev–Trinajstić information content (AvgIpc) is 3.60. The Bertz CT molecular complexity index is 1680. The third-order valence-corrected chi connectivity index (χ3v) is 5.71. The van der Waals surface area contributed by atoms with Crippen molar-refractivity contribution < 1.29 is 13.5 Å². The van der Waals surface area contributed by atoms with Gasteiger partial charge in [-0.3, -0.25) is 0 Å². The van der Waals surface area contributed by atoms with Crippen molar-refractivity contribution in [1.29, 1.82) is 0 Å². The van der Waals surface area contributed by atoms with Crippen molar-refractivity contribution in [3.8, 4) is 16.9 Å². The van der Waals surface area contributed by atoms with E-state index in [1.807, 2.05) is 66.8 Å². The van der Waals surface area contributed by atoms with E-state index in [4.69, 9.17) is 4.74 Å². The SMILES string of the molecule is COc1c(F)ccc(-c2cc3cc4ccc(cc5nc(cc6nc(cc2[nH]3)C=C6)C=C5)[nH]4)c1F. The Morgan fingerprint density at radius 1 is 0.647 bits per heavy atom. The number of nitrogens with zero attached hydrogens (tertiary/aromatic N) is 2. The molecule has 0 radical (unpaired) electrons. The van der Waals surface area contributed by atoms with Gasteiger partial charge in [0.2, 0.25) is 0 Å². The monoisotopic (exact) mass is 452 g/mol. The summed E-state index contributed by atoms with van der Waals surface area (Å²) < 4.78 is 34.2. The fourth-order valence-electron chi connectivity index (χ4n) is 4.17. The second kappa shape index (κ2) is 7.81. The van der Waals surface area contributed by atoms with E-state index in [2.05, 4.69) is 19.9 Å². The highest BCUT2D eigenvalue weighted by Gasteiger charge is 2.17. The molecule has 5 nitrogen and oxygen atoms in total. The van der Waals surface area contributed by atoms with Crippen molar-refractivity contribution in [3.05, 3.63) is 89.0 Å². The minimum atomic E-state index is -0.757. The molecule has 0 aliphatic carbocycles. The van der Waals surface area contributed by atoms with Crippen LogP contribution in [0.25, 0.3) is 57.5 Å². The number of nitrogens with one attached hydrogen (secondary N) is 2. The molecular formula is C27H18F2N4O. The van der Waals surface area contributed by atoms with Crippen LogP contribution in [0, 0.1) is 11.6 Å². The first-order chi connectivity index (χ1) is 16.6. The number of ether oxygens (including phenoxy) is 1. The molecule has 3 aromatic heterocycles. The Morgan fingerprint density at radius 3 is 2.00 bits per heavy atom. The quantitative estimate of drug-likeness (QED) is 0.311. The highest BCUT2D eigenvalue weighted by Crippen LogP contribution is 2.34. The van der Waals surface area contributed by atoms with Gasteiger partial charge < -0.3 is 14.7 Å². The summed E-state index contributed by atoms with van der Waals surface area (Å²) in [6, 6.07) is 16.0. The standard InChI is InChI=1S/C27H18F2N4O/c1-34-27-24(28)9-8-22(26(27)29)23-13-21-12-19-5-4-17(31-19)10-15-2-3-16(30-15)11-18-6-7-20(32-18)14-25(23)33-21/h2-14,31,33H,1H3. The molecule has 6 rings (SSSR count). The molecule has 0 saturated carbocycles. The highest BCUT2D eigenvalue weighted by atomic mass is 19.1. The van der Waals surface area contributed by atoms with Crippen LogP contribution >= 0.6 is 0 Å². The van der Waals surface area contributed by atoms with Crippen LogP contribution in [0.4, 0.5) is 8.78 Å². The zero-order valence-electron chi connectivity index (χ0n) is 18.1. The second-order valence-corrected chi connectivity index (χ2v) is 8.03. The fourth-order valence-corrected chi connectivity index (χ4v) is 4.17. The summed E-state index contributed by atoms with van der Waals surface area (Å²) >= 11 is 0. The normalized spacial score (nSPS) is 12.3.